The number of ether oxygens (including phenoxy) is 1. The molecule has 0 radical (unpaired) electrons. The van der Waals surface area contributed by atoms with Crippen LogP contribution in [0.4, 0.5) is 0 Å². The second kappa shape index (κ2) is 10.7. The Morgan fingerprint density at radius 1 is 1.38 bits per heavy atom. The molecule has 0 N–H and O–H groups in total. The van der Waals surface area contributed by atoms with Crippen LogP contribution in [0.1, 0.15) is 17.5 Å². The zero-order valence-corrected chi connectivity index (χ0v) is 18.9. The summed E-state index contributed by atoms with van der Waals surface area (Å²) in [6.07, 6.45) is 8.79. The van der Waals surface area contributed by atoms with Crippen molar-refractivity contribution in [3.05, 3.63) is 75.0 Å². The van der Waals surface area contributed by atoms with E-state index in [1.807, 2.05) is 24.7 Å². The number of rotatable bonds is 7. The van der Waals surface area contributed by atoms with Crippen LogP contribution in [0.3, 0.4) is 0 Å². The molecule has 0 spiro atoms. The molecule has 9 heteroatoms. The first-order chi connectivity index (χ1) is 15.5. The minimum absolute atomic E-state index is 0.128. The average molecular weight is 450 g/mol. The molecule has 0 aliphatic carbocycles. The topological polar surface area (TPSA) is 102 Å². The van der Waals surface area contributed by atoms with Gasteiger partial charge in [-0.1, -0.05) is 18.2 Å². The maximum absolute atomic E-state index is 13.2. The molecule has 0 aliphatic rings. The highest BCUT2D eigenvalue weighted by molar-refractivity contribution is 8.01. The van der Waals surface area contributed by atoms with E-state index in [1.165, 1.54) is 28.3 Å². The van der Waals surface area contributed by atoms with Crippen molar-refractivity contribution < 1.29 is 9.53 Å². The predicted octanol–water partition coefficient (Wildman–Crippen LogP) is 2.73. The number of methoxy groups -OCH3 is 1. The van der Waals surface area contributed by atoms with Crippen molar-refractivity contribution in [2.24, 2.45) is 4.99 Å². The lowest BCUT2D eigenvalue weighted by Crippen LogP contribution is -2.30. The Morgan fingerprint density at radius 3 is 2.91 bits per heavy atom. The van der Waals surface area contributed by atoms with Gasteiger partial charge in [-0.15, -0.1) is 11.8 Å². The number of carbonyl (C=O) groups is 1. The van der Waals surface area contributed by atoms with E-state index in [1.54, 1.807) is 36.1 Å². The summed E-state index contributed by atoms with van der Waals surface area (Å²) in [5.74, 6) is -0.513. The number of pyridine rings is 2. The number of hydrogen-bond donors (Lipinski definition) is 0. The molecule has 3 rings (SSSR count). The number of nitriles is 1. The Labute approximate surface area is 189 Å². The first-order valence-electron chi connectivity index (χ1n) is 9.91. The van der Waals surface area contributed by atoms with Gasteiger partial charge in [0.05, 0.1) is 10.9 Å². The van der Waals surface area contributed by atoms with E-state index in [4.69, 9.17) is 9.72 Å². The maximum Gasteiger partial charge on any atom is 0.271 e. The minimum atomic E-state index is -0.513. The molecule has 3 aromatic heterocycles. The molecule has 0 saturated heterocycles. The summed E-state index contributed by atoms with van der Waals surface area (Å²) in [7, 11) is 1.59. The van der Waals surface area contributed by atoms with Gasteiger partial charge in [0.25, 0.3) is 11.5 Å². The smallest absolute Gasteiger partial charge is 0.271 e. The van der Waals surface area contributed by atoms with Gasteiger partial charge in [0.1, 0.15) is 17.4 Å². The third-order valence-corrected chi connectivity index (χ3v) is 5.17. The summed E-state index contributed by atoms with van der Waals surface area (Å²) in [4.78, 5) is 34.5. The van der Waals surface area contributed by atoms with E-state index in [0.29, 0.717) is 30.9 Å². The van der Waals surface area contributed by atoms with E-state index >= 15 is 0 Å². The normalized spacial score (nSPS) is 12.4. The minimum Gasteiger partial charge on any atom is -0.385 e. The molecular formula is C23H23N5O3S. The van der Waals surface area contributed by atoms with Gasteiger partial charge in [0, 0.05) is 32.5 Å². The first-order valence-corrected chi connectivity index (χ1v) is 11.2. The largest absolute Gasteiger partial charge is 0.385 e. The molecule has 0 bridgehead atoms. The third-order valence-electron chi connectivity index (χ3n) is 4.74. The SMILES string of the molecule is COCCCn1c(=NC(=O)/C=C/C=C/SC)c(C#N)cc2c(=O)n3cccc(C)c3nc21. The quantitative estimate of drug-likeness (QED) is 0.238. The zero-order chi connectivity index (χ0) is 23.1. The van der Waals surface area contributed by atoms with Crippen LogP contribution >= 0.6 is 11.8 Å². The number of amides is 1. The van der Waals surface area contributed by atoms with Crippen LogP contribution in [-0.2, 0) is 16.1 Å². The van der Waals surface area contributed by atoms with Crippen molar-refractivity contribution in [2.75, 3.05) is 20.0 Å². The van der Waals surface area contributed by atoms with Gasteiger partial charge in [-0.3, -0.25) is 14.0 Å². The van der Waals surface area contributed by atoms with Crippen LogP contribution in [-0.4, -0.2) is 39.8 Å². The van der Waals surface area contributed by atoms with E-state index in [2.05, 4.69) is 11.1 Å². The number of hydrogen-bond acceptors (Lipinski definition) is 6. The average Bonchev–Trinajstić information content (AvgIpc) is 2.79. The Kier molecular flexibility index (Phi) is 7.76. The van der Waals surface area contributed by atoms with Crippen molar-refractivity contribution in [3.63, 3.8) is 0 Å². The predicted molar refractivity (Wildman–Crippen MR) is 125 cm³/mol. The van der Waals surface area contributed by atoms with E-state index in [-0.39, 0.29) is 22.0 Å². The molecule has 0 saturated carbocycles. The first kappa shape index (κ1) is 23.2. The summed E-state index contributed by atoms with van der Waals surface area (Å²) in [6.45, 7) is 2.70. The highest BCUT2D eigenvalue weighted by Crippen LogP contribution is 2.13. The van der Waals surface area contributed by atoms with Crippen molar-refractivity contribution in [1.82, 2.24) is 14.0 Å². The lowest BCUT2D eigenvalue weighted by atomic mass is 10.2. The fraction of sp³-hybridized carbons (Fsp3) is 0.261. The molecule has 1 amide bonds. The molecular weight excluding hydrogens is 426 g/mol. The summed E-state index contributed by atoms with van der Waals surface area (Å²) in [5, 5.41) is 11.9. The Hall–Kier alpha value is -3.48. The third kappa shape index (κ3) is 4.88. The molecule has 3 aromatic rings. The molecule has 0 aliphatic heterocycles. The standard InChI is InChI=1S/C23H23N5O3S/c1-16-8-6-10-28-20(16)26-22-18(23(28)30)14-17(15-24)21(27(22)11-7-12-31-2)25-19(29)9-4-5-13-32-3/h4-6,8-10,13-14H,7,11-12H2,1-3H3/b9-4+,13-5+,25-21?. The van der Waals surface area contributed by atoms with E-state index < -0.39 is 5.91 Å². The molecule has 0 atom stereocenters. The Bertz CT molecular complexity index is 1390. The van der Waals surface area contributed by atoms with Crippen LogP contribution in [0.15, 0.2) is 57.8 Å². The van der Waals surface area contributed by atoms with Crippen molar-refractivity contribution in [1.29, 1.82) is 5.26 Å². The highest BCUT2D eigenvalue weighted by Gasteiger charge is 2.15. The van der Waals surface area contributed by atoms with Gasteiger partial charge in [0.2, 0.25) is 0 Å². The molecule has 3 heterocycles. The summed E-state index contributed by atoms with van der Waals surface area (Å²) in [5.41, 5.74) is 1.72. The maximum atomic E-state index is 13.2. The second-order valence-corrected chi connectivity index (χ2v) is 7.65. The zero-order valence-electron chi connectivity index (χ0n) is 18.1. The van der Waals surface area contributed by atoms with E-state index in [9.17, 15) is 14.9 Å². The summed E-state index contributed by atoms with van der Waals surface area (Å²) >= 11 is 1.51. The number of aryl methyl sites for hydroxylation is 2. The van der Waals surface area contributed by atoms with Gasteiger partial charge < -0.3 is 9.30 Å². The molecule has 8 nitrogen and oxygen atoms in total. The highest BCUT2D eigenvalue weighted by atomic mass is 32.2. The molecule has 0 aromatic carbocycles. The molecule has 0 unspecified atom stereocenters. The number of aromatic nitrogens is 3. The van der Waals surface area contributed by atoms with Gasteiger partial charge in [-0.25, -0.2) is 4.98 Å². The molecule has 0 fully saturated rings. The lowest BCUT2D eigenvalue weighted by Gasteiger charge is -2.14. The number of fused-ring (bicyclic) bond motifs is 2. The Morgan fingerprint density at radius 2 is 2.19 bits per heavy atom. The van der Waals surface area contributed by atoms with Crippen molar-refractivity contribution >= 4 is 34.3 Å². The summed E-state index contributed by atoms with van der Waals surface area (Å²) in [6, 6.07) is 7.17. The van der Waals surface area contributed by atoms with Crippen LogP contribution < -0.4 is 11.0 Å². The van der Waals surface area contributed by atoms with Gasteiger partial charge in [-0.2, -0.15) is 10.3 Å². The fourth-order valence-corrected chi connectivity index (χ4v) is 3.52. The number of carbonyl (C=O) groups excluding carboxylic acids is 1. The van der Waals surface area contributed by atoms with Crippen molar-refractivity contribution in [3.8, 4) is 6.07 Å². The summed E-state index contributed by atoms with van der Waals surface area (Å²) < 4.78 is 8.28. The van der Waals surface area contributed by atoms with Crippen LogP contribution in [0.2, 0.25) is 0 Å². The lowest BCUT2D eigenvalue weighted by molar-refractivity contribution is -0.113. The van der Waals surface area contributed by atoms with Crippen LogP contribution in [0.25, 0.3) is 16.7 Å². The van der Waals surface area contributed by atoms with Crippen LogP contribution in [0.5, 0.6) is 0 Å². The number of thioether (sulfide) groups is 1. The fourth-order valence-electron chi connectivity index (χ4n) is 3.27. The molecule has 164 valence electrons. The van der Waals surface area contributed by atoms with E-state index in [0.717, 1.165) is 5.56 Å². The van der Waals surface area contributed by atoms with Gasteiger partial charge >= 0.3 is 0 Å². The monoisotopic (exact) mass is 449 g/mol. The number of allylic oxidation sites excluding steroid dienone is 2. The molecule has 32 heavy (non-hydrogen) atoms. The second-order valence-electron chi connectivity index (χ2n) is 6.90. The van der Waals surface area contributed by atoms with Crippen LogP contribution in [0, 0.1) is 18.3 Å². The van der Waals surface area contributed by atoms with Gasteiger partial charge in [0.15, 0.2) is 5.49 Å². The Balaban J connectivity index is 2.35. The number of nitrogens with zero attached hydrogens (tertiary/aromatic N) is 5. The van der Waals surface area contributed by atoms with Gasteiger partial charge in [-0.05, 0) is 42.7 Å². The van der Waals surface area contributed by atoms with Crippen molar-refractivity contribution in [2.45, 2.75) is 19.9 Å².